The maximum Gasteiger partial charge on any atom is 0.152 e. The van der Waals surface area contributed by atoms with Crippen LogP contribution in [0.15, 0.2) is 22.9 Å². The van der Waals surface area contributed by atoms with Crippen LogP contribution >= 0.6 is 0 Å². The second-order valence-electron chi connectivity index (χ2n) is 3.17. The molecule has 0 aromatic carbocycles. The molecule has 0 aromatic rings. The Morgan fingerprint density at radius 3 is 2.86 bits per heavy atom. The Bertz CT molecular complexity index is 232. The fraction of sp³-hybridized carbons (Fsp3) is 0.600. The van der Waals surface area contributed by atoms with Crippen molar-refractivity contribution in [1.82, 2.24) is 5.01 Å². The lowest BCUT2D eigenvalue weighted by Crippen LogP contribution is -2.38. The van der Waals surface area contributed by atoms with E-state index >= 15 is 0 Å². The number of hydrazone groups is 1. The molecular formula is C10H17N3O. The fourth-order valence-electron chi connectivity index (χ4n) is 1.51. The summed E-state index contributed by atoms with van der Waals surface area (Å²) in [5, 5.41) is 5.62. The van der Waals surface area contributed by atoms with Gasteiger partial charge in [0.25, 0.3) is 0 Å². The lowest BCUT2D eigenvalue weighted by molar-refractivity contribution is -0.0553. The van der Waals surface area contributed by atoms with Crippen molar-refractivity contribution >= 4 is 12.6 Å². The topological polar surface area (TPSA) is 37.2 Å². The van der Waals surface area contributed by atoms with E-state index in [1.807, 2.05) is 6.92 Å². The third-order valence-corrected chi connectivity index (χ3v) is 2.19. The summed E-state index contributed by atoms with van der Waals surface area (Å²) in [5.41, 5.74) is 0. The second-order valence-corrected chi connectivity index (χ2v) is 3.17. The molecule has 0 spiro atoms. The molecule has 0 saturated carbocycles. The average molecular weight is 195 g/mol. The van der Waals surface area contributed by atoms with Gasteiger partial charge in [-0.3, -0.25) is 0 Å². The Kier molecular flexibility index (Phi) is 4.32. The van der Waals surface area contributed by atoms with Gasteiger partial charge in [0.2, 0.25) is 0 Å². The van der Waals surface area contributed by atoms with Crippen LogP contribution in [-0.4, -0.2) is 30.4 Å². The van der Waals surface area contributed by atoms with E-state index in [0.29, 0.717) is 0 Å². The van der Waals surface area contributed by atoms with Crippen LogP contribution in [0.4, 0.5) is 0 Å². The molecule has 0 amide bonds. The normalized spacial score (nSPS) is 22.9. The highest BCUT2D eigenvalue weighted by Gasteiger charge is 2.21. The van der Waals surface area contributed by atoms with Crippen molar-refractivity contribution in [3.8, 4) is 0 Å². The Labute approximate surface area is 85.0 Å². The highest BCUT2D eigenvalue weighted by molar-refractivity contribution is 5.80. The van der Waals surface area contributed by atoms with Crippen LogP contribution in [0.1, 0.15) is 26.2 Å². The Hall–Kier alpha value is -1.16. The molecule has 1 aliphatic heterocycles. The van der Waals surface area contributed by atoms with E-state index in [0.717, 1.165) is 31.7 Å². The molecule has 14 heavy (non-hydrogen) atoms. The molecule has 1 aliphatic rings. The lowest BCUT2D eigenvalue weighted by Gasteiger charge is -2.30. The first kappa shape index (κ1) is 10.9. The number of amidine groups is 1. The molecule has 0 radical (unpaired) electrons. The van der Waals surface area contributed by atoms with Crippen molar-refractivity contribution in [2.45, 2.75) is 32.4 Å². The average Bonchev–Trinajstić information content (AvgIpc) is 2.21. The van der Waals surface area contributed by atoms with E-state index in [-0.39, 0.29) is 6.23 Å². The van der Waals surface area contributed by atoms with Gasteiger partial charge in [0.1, 0.15) is 5.84 Å². The molecular weight excluding hydrogens is 178 g/mol. The summed E-state index contributed by atoms with van der Waals surface area (Å²) in [6.45, 7) is 9.72. The van der Waals surface area contributed by atoms with E-state index in [1.165, 1.54) is 6.20 Å². The number of hydrogen-bond acceptors (Lipinski definition) is 3. The van der Waals surface area contributed by atoms with Gasteiger partial charge in [-0.25, -0.2) is 10.0 Å². The molecule has 1 rings (SSSR count). The Balaban J connectivity index is 2.64. The summed E-state index contributed by atoms with van der Waals surface area (Å²) >= 11 is 0. The van der Waals surface area contributed by atoms with Crippen LogP contribution in [0.25, 0.3) is 0 Å². The van der Waals surface area contributed by atoms with Crippen LogP contribution in [0.3, 0.4) is 0 Å². The van der Waals surface area contributed by atoms with Gasteiger partial charge in [-0.1, -0.05) is 6.58 Å². The van der Waals surface area contributed by atoms with E-state index in [4.69, 9.17) is 4.74 Å². The van der Waals surface area contributed by atoms with Gasteiger partial charge in [-0.15, -0.1) is 0 Å². The Morgan fingerprint density at radius 2 is 2.36 bits per heavy atom. The van der Waals surface area contributed by atoms with Crippen LogP contribution in [0, 0.1) is 0 Å². The third-order valence-electron chi connectivity index (χ3n) is 2.19. The SMILES string of the molecule is C=CN=C(C)N(N=C)C1CCCCO1. The van der Waals surface area contributed by atoms with Crippen LogP contribution < -0.4 is 0 Å². The quantitative estimate of drug-likeness (QED) is 0.392. The predicted molar refractivity (Wildman–Crippen MR) is 58.3 cm³/mol. The molecule has 0 aliphatic carbocycles. The fourth-order valence-corrected chi connectivity index (χ4v) is 1.51. The predicted octanol–water partition coefficient (Wildman–Crippen LogP) is 1.99. The molecule has 0 bridgehead atoms. The van der Waals surface area contributed by atoms with Gasteiger partial charge in [0, 0.05) is 19.5 Å². The number of nitrogens with zero attached hydrogens (tertiary/aromatic N) is 3. The molecule has 1 heterocycles. The minimum absolute atomic E-state index is 0.00931. The Morgan fingerprint density at radius 1 is 1.57 bits per heavy atom. The van der Waals surface area contributed by atoms with Crippen molar-refractivity contribution in [1.29, 1.82) is 0 Å². The van der Waals surface area contributed by atoms with Gasteiger partial charge in [0.05, 0.1) is 0 Å². The van der Waals surface area contributed by atoms with Crippen molar-refractivity contribution in [2.75, 3.05) is 6.61 Å². The minimum atomic E-state index is -0.00931. The maximum atomic E-state index is 5.58. The minimum Gasteiger partial charge on any atom is -0.356 e. The zero-order valence-corrected chi connectivity index (χ0v) is 8.65. The summed E-state index contributed by atoms with van der Waals surface area (Å²) in [4.78, 5) is 4.06. The third kappa shape index (κ3) is 2.67. The van der Waals surface area contributed by atoms with Gasteiger partial charge in [0.15, 0.2) is 6.23 Å². The zero-order chi connectivity index (χ0) is 10.4. The number of hydrogen-bond donors (Lipinski definition) is 0. The summed E-state index contributed by atoms with van der Waals surface area (Å²) < 4.78 is 5.58. The summed E-state index contributed by atoms with van der Waals surface area (Å²) in [7, 11) is 0. The summed E-state index contributed by atoms with van der Waals surface area (Å²) in [5.74, 6) is 0.766. The van der Waals surface area contributed by atoms with Crippen LogP contribution in [0.5, 0.6) is 0 Å². The smallest absolute Gasteiger partial charge is 0.152 e. The van der Waals surface area contributed by atoms with E-state index < -0.39 is 0 Å². The number of rotatable bonds is 3. The van der Waals surface area contributed by atoms with E-state index in [1.54, 1.807) is 5.01 Å². The molecule has 1 saturated heterocycles. The molecule has 78 valence electrons. The van der Waals surface area contributed by atoms with E-state index in [9.17, 15) is 0 Å². The first-order chi connectivity index (χ1) is 6.79. The largest absolute Gasteiger partial charge is 0.356 e. The molecule has 1 fully saturated rings. The highest BCUT2D eigenvalue weighted by atomic mass is 16.5. The molecule has 0 N–H and O–H groups in total. The van der Waals surface area contributed by atoms with Gasteiger partial charge >= 0.3 is 0 Å². The van der Waals surface area contributed by atoms with E-state index in [2.05, 4.69) is 23.4 Å². The molecule has 4 heteroatoms. The van der Waals surface area contributed by atoms with Gasteiger partial charge in [-0.05, 0) is 26.2 Å². The maximum absolute atomic E-state index is 5.58. The molecule has 1 atom stereocenters. The number of ether oxygens (including phenoxy) is 1. The zero-order valence-electron chi connectivity index (χ0n) is 8.65. The van der Waals surface area contributed by atoms with Crippen LogP contribution in [0.2, 0.25) is 0 Å². The number of aliphatic imine (C=N–C) groups is 1. The standard InChI is InChI=1S/C10H17N3O/c1-4-12-9(2)13(11-3)10-7-5-6-8-14-10/h4,10H,1,3,5-8H2,2H3. The molecule has 1 unspecified atom stereocenters. The van der Waals surface area contributed by atoms with Crippen molar-refractivity contribution < 1.29 is 4.74 Å². The van der Waals surface area contributed by atoms with Gasteiger partial charge < -0.3 is 4.74 Å². The first-order valence-electron chi connectivity index (χ1n) is 4.82. The molecule has 4 nitrogen and oxygen atoms in total. The summed E-state index contributed by atoms with van der Waals surface area (Å²) in [6.07, 6.45) is 4.75. The first-order valence-corrected chi connectivity index (χ1v) is 4.82. The summed E-state index contributed by atoms with van der Waals surface area (Å²) in [6, 6.07) is 0. The second kappa shape index (κ2) is 5.54. The highest BCUT2D eigenvalue weighted by Crippen LogP contribution is 2.17. The van der Waals surface area contributed by atoms with Crippen molar-refractivity contribution in [3.63, 3.8) is 0 Å². The van der Waals surface area contributed by atoms with Crippen molar-refractivity contribution in [3.05, 3.63) is 12.8 Å². The van der Waals surface area contributed by atoms with Gasteiger partial charge in [-0.2, -0.15) is 5.10 Å². The van der Waals surface area contributed by atoms with Crippen LogP contribution in [-0.2, 0) is 4.74 Å². The monoisotopic (exact) mass is 195 g/mol. The van der Waals surface area contributed by atoms with Crippen molar-refractivity contribution in [2.24, 2.45) is 10.1 Å². The molecule has 0 aromatic heterocycles. The lowest BCUT2D eigenvalue weighted by atomic mass is 10.2.